The first-order valence-corrected chi connectivity index (χ1v) is 5.84. The molecule has 0 aliphatic heterocycles. The van der Waals surface area contributed by atoms with Gasteiger partial charge in [0.1, 0.15) is 0 Å². The second-order valence-corrected chi connectivity index (χ2v) is 4.33. The van der Waals surface area contributed by atoms with Crippen molar-refractivity contribution in [1.29, 1.82) is 0 Å². The van der Waals surface area contributed by atoms with Gasteiger partial charge in [-0.3, -0.25) is 4.79 Å². The van der Waals surface area contributed by atoms with Crippen LogP contribution >= 0.6 is 0 Å². The summed E-state index contributed by atoms with van der Waals surface area (Å²) in [5.41, 5.74) is 1.15. The van der Waals surface area contributed by atoms with Crippen molar-refractivity contribution in [3.8, 4) is 0 Å². The molecule has 0 amide bonds. The van der Waals surface area contributed by atoms with Crippen molar-refractivity contribution >= 4 is 5.97 Å². The standard InChI is InChI=1S/C12H21NO2/c1-10(13-11-8-9-11)6-4-2-3-5-7-12(14)15/h11,13H,1-9H2,(H,14,15). The van der Waals surface area contributed by atoms with Gasteiger partial charge in [0, 0.05) is 18.2 Å². The molecule has 1 rings (SSSR count). The van der Waals surface area contributed by atoms with E-state index >= 15 is 0 Å². The molecule has 0 aromatic carbocycles. The molecule has 0 bridgehead atoms. The summed E-state index contributed by atoms with van der Waals surface area (Å²) in [6.07, 6.45) is 7.97. The first kappa shape index (κ1) is 12.1. The summed E-state index contributed by atoms with van der Waals surface area (Å²) >= 11 is 0. The molecule has 3 heteroatoms. The topological polar surface area (TPSA) is 49.3 Å². The van der Waals surface area contributed by atoms with Gasteiger partial charge in [0.25, 0.3) is 0 Å². The normalized spacial score (nSPS) is 14.9. The highest BCUT2D eigenvalue weighted by Crippen LogP contribution is 2.21. The van der Waals surface area contributed by atoms with E-state index in [0.717, 1.165) is 37.8 Å². The van der Waals surface area contributed by atoms with Crippen LogP contribution in [0.4, 0.5) is 0 Å². The minimum atomic E-state index is -0.685. The Balaban J connectivity index is 1.83. The molecule has 1 fully saturated rings. The van der Waals surface area contributed by atoms with Gasteiger partial charge in [0.05, 0.1) is 0 Å². The third-order valence-corrected chi connectivity index (χ3v) is 2.60. The minimum absolute atomic E-state index is 0.307. The number of unbranched alkanes of at least 4 members (excludes halogenated alkanes) is 3. The summed E-state index contributed by atoms with van der Waals surface area (Å²) < 4.78 is 0. The molecule has 0 saturated heterocycles. The summed E-state index contributed by atoms with van der Waals surface area (Å²) in [6, 6.07) is 0.699. The van der Waals surface area contributed by atoms with E-state index in [1.54, 1.807) is 0 Å². The molecule has 1 aliphatic carbocycles. The highest BCUT2D eigenvalue weighted by atomic mass is 16.4. The zero-order chi connectivity index (χ0) is 11.1. The van der Waals surface area contributed by atoms with E-state index in [2.05, 4.69) is 11.9 Å². The lowest BCUT2D eigenvalue weighted by atomic mass is 10.1. The van der Waals surface area contributed by atoms with Gasteiger partial charge in [-0.05, 0) is 32.1 Å². The number of allylic oxidation sites excluding steroid dienone is 1. The quantitative estimate of drug-likeness (QED) is 0.576. The average molecular weight is 211 g/mol. The lowest BCUT2D eigenvalue weighted by molar-refractivity contribution is -0.137. The molecule has 86 valence electrons. The van der Waals surface area contributed by atoms with Crippen LogP contribution in [0.25, 0.3) is 0 Å². The number of rotatable bonds is 9. The Hall–Kier alpha value is -0.990. The number of carbonyl (C=O) groups is 1. The van der Waals surface area contributed by atoms with E-state index < -0.39 is 5.97 Å². The van der Waals surface area contributed by atoms with Crippen molar-refractivity contribution in [3.63, 3.8) is 0 Å². The number of hydrogen-bond donors (Lipinski definition) is 2. The van der Waals surface area contributed by atoms with Gasteiger partial charge >= 0.3 is 5.97 Å². The number of hydrogen-bond acceptors (Lipinski definition) is 2. The van der Waals surface area contributed by atoms with Gasteiger partial charge in [-0.25, -0.2) is 0 Å². The van der Waals surface area contributed by atoms with Crippen molar-refractivity contribution < 1.29 is 9.90 Å². The molecular formula is C12H21NO2. The maximum Gasteiger partial charge on any atom is 0.303 e. The van der Waals surface area contributed by atoms with E-state index in [0.29, 0.717) is 12.5 Å². The fourth-order valence-corrected chi connectivity index (χ4v) is 1.56. The summed E-state index contributed by atoms with van der Waals surface area (Å²) in [6.45, 7) is 3.98. The van der Waals surface area contributed by atoms with Crippen LogP contribution in [-0.2, 0) is 4.79 Å². The van der Waals surface area contributed by atoms with Gasteiger partial charge in [0.2, 0.25) is 0 Å². The summed E-state index contributed by atoms with van der Waals surface area (Å²) in [5.74, 6) is -0.685. The van der Waals surface area contributed by atoms with Gasteiger partial charge in [0.15, 0.2) is 0 Å². The molecule has 0 spiro atoms. The van der Waals surface area contributed by atoms with Crippen molar-refractivity contribution in [2.24, 2.45) is 0 Å². The molecule has 0 radical (unpaired) electrons. The van der Waals surface area contributed by atoms with E-state index in [-0.39, 0.29) is 0 Å². The van der Waals surface area contributed by atoms with Crippen LogP contribution in [0.3, 0.4) is 0 Å². The Morgan fingerprint density at radius 3 is 2.33 bits per heavy atom. The molecule has 0 atom stereocenters. The van der Waals surface area contributed by atoms with Gasteiger partial charge in [-0.2, -0.15) is 0 Å². The van der Waals surface area contributed by atoms with Crippen molar-refractivity contribution in [2.75, 3.05) is 0 Å². The Labute approximate surface area is 91.6 Å². The second-order valence-electron chi connectivity index (χ2n) is 4.33. The monoisotopic (exact) mass is 211 g/mol. The summed E-state index contributed by atoms with van der Waals surface area (Å²) in [4.78, 5) is 10.2. The Morgan fingerprint density at radius 2 is 1.80 bits per heavy atom. The molecule has 0 aromatic rings. The molecule has 1 aliphatic rings. The first-order chi connectivity index (χ1) is 7.18. The summed E-state index contributed by atoms with van der Waals surface area (Å²) in [7, 11) is 0. The third kappa shape index (κ3) is 7.00. The zero-order valence-corrected chi connectivity index (χ0v) is 9.30. The Kier molecular flexibility index (Phi) is 5.22. The van der Waals surface area contributed by atoms with Crippen LogP contribution in [0.15, 0.2) is 12.3 Å². The first-order valence-electron chi connectivity index (χ1n) is 5.84. The maximum atomic E-state index is 10.2. The molecule has 0 aromatic heterocycles. The number of aliphatic carboxylic acids is 1. The predicted octanol–water partition coefficient (Wildman–Crippen LogP) is 2.68. The van der Waals surface area contributed by atoms with Gasteiger partial charge < -0.3 is 10.4 Å². The van der Waals surface area contributed by atoms with Crippen LogP contribution in [0.1, 0.15) is 51.4 Å². The lowest BCUT2D eigenvalue weighted by Gasteiger charge is -2.07. The van der Waals surface area contributed by atoms with E-state index in [1.165, 1.54) is 12.8 Å². The van der Waals surface area contributed by atoms with Crippen LogP contribution in [0.5, 0.6) is 0 Å². The molecule has 0 unspecified atom stereocenters. The van der Waals surface area contributed by atoms with Gasteiger partial charge in [-0.15, -0.1) is 0 Å². The molecule has 2 N–H and O–H groups in total. The van der Waals surface area contributed by atoms with Crippen LogP contribution in [-0.4, -0.2) is 17.1 Å². The smallest absolute Gasteiger partial charge is 0.303 e. The second kappa shape index (κ2) is 6.49. The third-order valence-electron chi connectivity index (χ3n) is 2.60. The largest absolute Gasteiger partial charge is 0.481 e. The zero-order valence-electron chi connectivity index (χ0n) is 9.30. The highest BCUT2D eigenvalue weighted by molar-refractivity contribution is 5.66. The average Bonchev–Trinajstić information content (AvgIpc) is 2.94. The SMILES string of the molecule is C=C(CCCCCCC(=O)O)NC1CC1. The Bertz CT molecular complexity index is 222. The summed E-state index contributed by atoms with van der Waals surface area (Å²) in [5, 5.41) is 11.8. The van der Waals surface area contributed by atoms with E-state index in [1.807, 2.05) is 0 Å². The van der Waals surface area contributed by atoms with Crippen LogP contribution in [0.2, 0.25) is 0 Å². The maximum absolute atomic E-state index is 10.2. The van der Waals surface area contributed by atoms with Crippen molar-refractivity contribution in [1.82, 2.24) is 5.32 Å². The van der Waals surface area contributed by atoms with Crippen molar-refractivity contribution in [3.05, 3.63) is 12.3 Å². The molecule has 1 saturated carbocycles. The molecule has 3 nitrogen and oxygen atoms in total. The number of nitrogens with one attached hydrogen (secondary N) is 1. The van der Waals surface area contributed by atoms with Crippen LogP contribution in [0, 0.1) is 0 Å². The van der Waals surface area contributed by atoms with E-state index in [4.69, 9.17) is 5.11 Å². The predicted molar refractivity (Wildman–Crippen MR) is 60.6 cm³/mol. The molecule has 0 heterocycles. The number of carboxylic acid groups (broad SMARTS) is 1. The van der Waals surface area contributed by atoms with E-state index in [9.17, 15) is 4.79 Å². The van der Waals surface area contributed by atoms with Crippen molar-refractivity contribution in [2.45, 2.75) is 57.4 Å². The Morgan fingerprint density at radius 1 is 1.20 bits per heavy atom. The lowest BCUT2D eigenvalue weighted by Crippen LogP contribution is -2.14. The van der Waals surface area contributed by atoms with Gasteiger partial charge in [-0.1, -0.05) is 19.4 Å². The minimum Gasteiger partial charge on any atom is -0.481 e. The fraction of sp³-hybridized carbons (Fsp3) is 0.750. The fourth-order valence-electron chi connectivity index (χ4n) is 1.56. The molecular weight excluding hydrogens is 190 g/mol. The number of carboxylic acids is 1. The van der Waals surface area contributed by atoms with Crippen LogP contribution < -0.4 is 5.32 Å². The highest BCUT2D eigenvalue weighted by Gasteiger charge is 2.20. The molecule has 15 heavy (non-hydrogen) atoms.